The van der Waals surface area contributed by atoms with Crippen molar-refractivity contribution in [3.05, 3.63) is 11.9 Å². The van der Waals surface area contributed by atoms with Crippen LogP contribution in [0.3, 0.4) is 0 Å². The number of nitrogens with zero attached hydrogens (tertiary/aromatic N) is 3. The van der Waals surface area contributed by atoms with E-state index >= 15 is 0 Å². The van der Waals surface area contributed by atoms with Crippen LogP contribution in [0.15, 0.2) is 6.20 Å². The Morgan fingerprint density at radius 3 is 2.43 bits per heavy atom. The zero-order valence-electron chi connectivity index (χ0n) is 13.2. The molecule has 6 nitrogen and oxygen atoms in total. The summed E-state index contributed by atoms with van der Waals surface area (Å²) in [5, 5.41) is 0. The lowest BCUT2D eigenvalue weighted by Gasteiger charge is -2.39. The van der Waals surface area contributed by atoms with E-state index in [1.54, 1.807) is 0 Å². The van der Waals surface area contributed by atoms with Crippen LogP contribution in [-0.4, -0.2) is 53.5 Å². The average Bonchev–Trinajstić information content (AvgIpc) is 2.54. The molecule has 1 aromatic heterocycles. The second-order valence-electron chi connectivity index (χ2n) is 5.71. The van der Waals surface area contributed by atoms with E-state index in [2.05, 4.69) is 14.9 Å². The maximum absolute atomic E-state index is 12.9. The molecule has 1 aliphatic heterocycles. The van der Waals surface area contributed by atoms with Crippen molar-refractivity contribution in [2.45, 2.75) is 38.6 Å². The first-order valence-electron chi connectivity index (χ1n) is 7.25. The fourth-order valence-electron chi connectivity index (χ4n) is 2.64. The number of carbonyl (C=O) groups is 1. The summed E-state index contributed by atoms with van der Waals surface area (Å²) in [6, 6.07) is 0. The van der Waals surface area contributed by atoms with Gasteiger partial charge in [-0.05, 0) is 39.8 Å². The van der Waals surface area contributed by atoms with Crippen molar-refractivity contribution >= 4 is 5.78 Å². The van der Waals surface area contributed by atoms with Crippen LogP contribution in [0.5, 0.6) is 11.8 Å². The maximum atomic E-state index is 12.9. The van der Waals surface area contributed by atoms with Crippen molar-refractivity contribution in [1.82, 2.24) is 14.9 Å². The summed E-state index contributed by atoms with van der Waals surface area (Å²) in [5.41, 5.74) is -0.356. The summed E-state index contributed by atoms with van der Waals surface area (Å²) in [6.07, 6.45) is 4.93. The molecule has 1 aromatic rings. The third-order valence-electron chi connectivity index (χ3n) is 4.04. The predicted octanol–water partition coefficient (Wildman–Crippen LogP) is 1.94. The third-order valence-corrected chi connectivity index (χ3v) is 4.04. The Morgan fingerprint density at radius 1 is 1.19 bits per heavy atom. The number of methoxy groups -OCH3 is 2. The Kier molecular flexibility index (Phi) is 4.77. The van der Waals surface area contributed by atoms with E-state index in [0.29, 0.717) is 5.88 Å². The van der Waals surface area contributed by atoms with Crippen molar-refractivity contribution in [3.8, 4) is 11.8 Å². The van der Waals surface area contributed by atoms with Crippen LogP contribution >= 0.6 is 0 Å². The molecule has 0 radical (unpaired) electrons. The summed E-state index contributed by atoms with van der Waals surface area (Å²) in [6.45, 7) is 5.74. The van der Waals surface area contributed by atoms with Gasteiger partial charge in [-0.1, -0.05) is 6.42 Å². The van der Waals surface area contributed by atoms with Gasteiger partial charge in [0.1, 0.15) is 0 Å². The zero-order chi connectivity index (χ0) is 15.5. The van der Waals surface area contributed by atoms with Gasteiger partial charge in [0.25, 0.3) is 0 Å². The lowest BCUT2D eigenvalue weighted by atomic mass is 9.92. The van der Waals surface area contributed by atoms with E-state index in [9.17, 15) is 4.79 Å². The third kappa shape index (κ3) is 3.15. The van der Waals surface area contributed by atoms with Crippen LogP contribution in [0, 0.1) is 0 Å². The highest BCUT2D eigenvalue weighted by Crippen LogP contribution is 2.27. The normalized spacial score (nSPS) is 16.6. The maximum Gasteiger partial charge on any atom is 0.246 e. The van der Waals surface area contributed by atoms with Crippen LogP contribution in [0.2, 0.25) is 0 Å². The quantitative estimate of drug-likeness (QED) is 0.773. The SMILES string of the molecule is COc1cnc(C(=O)C(C)(C)N2CCCCC2)c(OC)n1. The Bertz CT molecular complexity index is 511. The van der Waals surface area contributed by atoms with Gasteiger partial charge < -0.3 is 9.47 Å². The molecule has 0 atom stereocenters. The van der Waals surface area contributed by atoms with Gasteiger partial charge in [-0.2, -0.15) is 4.98 Å². The van der Waals surface area contributed by atoms with Crippen molar-refractivity contribution in [2.24, 2.45) is 0 Å². The van der Waals surface area contributed by atoms with Crippen LogP contribution < -0.4 is 9.47 Å². The van der Waals surface area contributed by atoms with Crippen molar-refractivity contribution in [1.29, 1.82) is 0 Å². The number of carbonyl (C=O) groups excluding carboxylic acids is 1. The van der Waals surface area contributed by atoms with Gasteiger partial charge in [-0.3, -0.25) is 9.69 Å². The van der Waals surface area contributed by atoms with Gasteiger partial charge in [0.2, 0.25) is 17.5 Å². The number of hydrogen-bond acceptors (Lipinski definition) is 6. The van der Waals surface area contributed by atoms with E-state index in [1.165, 1.54) is 26.8 Å². The van der Waals surface area contributed by atoms with Gasteiger partial charge in [-0.25, -0.2) is 4.98 Å². The van der Waals surface area contributed by atoms with Crippen LogP contribution in [0.25, 0.3) is 0 Å². The highest BCUT2D eigenvalue weighted by molar-refractivity contribution is 6.02. The summed E-state index contributed by atoms with van der Waals surface area (Å²) in [4.78, 5) is 23.4. The Morgan fingerprint density at radius 2 is 1.86 bits per heavy atom. The molecule has 0 aliphatic carbocycles. The van der Waals surface area contributed by atoms with Gasteiger partial charge in [0.15, 0.2) is 5.69 Å². The number of hydrogen-bond donors (Lipinski definition) is 0. The zero-order valence-corrected chi connectivity index (χ0v) is 13.2. The molecule has 1 aliphatic rings. The molecule has 2 heterocycles. The van der Waals surface area contributed by atoms with E-state index in [-0.39, 0.29) is 17.4 Å². The molecule has 0 N–H and O–H groups in total. The van der Waals surface area contributed by atoms with E-state index < -0.39 is 5.54 Å². The number of aromatic nitrogens is 2. The predicted molar refractivity (Wildman–Crippen MR) is 79.0 cm³/mol. The second kappa shape index (κ2) is 6.39. The Balaban J connectivity index is 2.29. The monoisotopic (exact) mass is 293 g/mol. The minimum atomic E-state index is -0.614. The van der Waals surface area contributed by atoms with Crippen molar-refractivity contribution < 1.29 is 14.3 Å². The molecule has 1 saturated heterocycles. The number of ether oxygens (including phenoxy) is 2. The molecule has 0 spiro atoms. The summed E-state index contributed by atoms with van der Waals surface area (Å²) >= 11 is 0. The standard InChI is InChI=1S/C15H23N3O3/c1-15(2,18-8-6-5-7-9-18)13(19)12-14(21-4)17-11(20-3)10-16-12/h10H,5-9H2,1-4H3. The summed E-state index contributed by atoms with van der Waals surface area (Å²) in [7, 11) is 2.98. The topological polar surface area (TPSA) is 64.5 Å². The van der Waals surface area contributed by atoms with Crippen LogP contribution in [0.4, 0.5) is 0 Å². The van der Waals surface area contributed by atoms with E-state index in [0.717, 1.165) is 25.9 Å². The number of ketones is 1. The van der Waals surface area contributed by atoms with Crippen LogP contribution in [0.1, 0.15) is 43.6 Å². The lowest BCUT2D eigenvalue weighted by molar-refractivity contribution is 0.0569. The van der Waals surface area contributed by atoms with Crippen LogP contribution in [-0.2, 0) is 0 Å². The first-order valence-corrected chi connectivity index (χ1v) is 7.25. The number of Topliss-reactive ketones (excluding diaryl/α,β-unsaturated/α-hetero) is 1. The minimum absolute atomic E-state index is 0.0728. The molecular formula is C15H23N3O3. The molecular weight excluding hydrogens is 270 g/mol. The van der Waals surface area contributed by atoms with Gasteiger partial charge in [-0.15, -0.1) is 0 Å². The average molecular weight is 293 g/mol. The van der Waals surface area contributed by atoms with Gasteiger partial charge >= 0.3 is 0 Å². The lowest BCUT2D eigenvalue weighted by Crippen LogP contribution is -2.52. The smallest absolute Gasteiger partial charge is 0.246 e. The molecule has 0 aromatic carbocycles. The van der Waals surface area contributed by atoms with Crippen molar-refractivity contribution in [2.75, 3.05) is 27.3 Å². The Hall–Kier alpha value is -1.69. The molecule has 1 fully saturated rings. The summed E-state index contributed by atoms with van der Waals surface area (Å²) < 4.78 is 10.2. The molecule has 0 bridgehead atoms. The number of likely N-dealkylation sites (tertiary alicyclic amines) is 1. The Labute approximate surface area is 125 Å². The molecule has 0 amide bonds. The fraction of sp³-hybridized carbons (Fsp3) is 0.667. The first-order chi connectivity index (χ1) is 10.0. The fourth-order valence-corrected chi connectivity index (χ4v) is 2.64. The molecule has 6 heteroatoms. The van der Waals surface area contributed by atoms with Gasteiger partial charge in [0, 0.05) is 0 Å². The molecule has 21 heavy (non-hydrogen) atoms. The van der Waals surface area contributed by atoms with Crippen molar-refractivity contribution in [3.63, 3.8) is 0 Å². The first kappa shape index (κ1) is 15.7. The molecule has 2 rings (SSSR count). The largest absolute Gasteiger partial charge is 0.480 e. The molecule has 116 valence electrons. The number of rotatable bonds is 5. The minimum Gasteiger partial charge on any atom is -0.480 e. The summed E-state index contributed by atoms with van der Waals surface area (Å²) in [5.74, 6) is 0.472. The number of piperidine rings is 1. The highest BCUT2D eigenvalue weighted by Gasteiger charge is 2.38. The van der Waals surface area contributed by atoms with Gasteiger partial charge in [0.05, 0.1) is 26.0 Å². The van der Waals surface area contributed by atoms with E-state index in [1.807, 2.05) is 13.8 Å². The second-order valence-corrected chi connectivity index (χ2v) is 5.71. The highest BCUT2D eigenvalue weighted by atomic mass is 16.5. The molecule has 0 saturated carbocycles. The molecule has 0 unspecified atom stereocenters. The van der Waals surface area contributed by atoms with E-state index in [4.69, 9.17) is 9.47 Å².